The molecule has 1 aromatic heterocycles. The zero-order chi connectivity index (χ0) is 11.8. The molecule has 4 heteroatoms. The van der Waals surface area contributed by atoms with Gasteiger partial charge in [0.2, 0.25) is 0 Å². The maximum atomic E-state index is 5.93. The number of rotatable bonds is 1. The summed E-state index contributed by atoms with van der Waals surface area (Å²) >= 11 is 5.93. The van der Waals surface area contributed by atoms with Crippen LogP contribution in [0.4, 0.5) is 0 Å². The van der Waals surface area contributed by atoms with E-state index in [1.165, 1.54) is 6.42 Å². The van der Waals surface area contributed by atoms with Gasteiger partial charge in [0.05, 0.1) is 0 Å². The summed E-state index contributed by atoms with van der Waals surface area (Å²) in [6.45, 7) is 3.16. The molecule has 0 amide bonds. The van der Waals surface area contributed by atoms with Gasteiger partial charge in [-0.3, -0.25) is 0 Å². The molecule has 17 heavy (non-hydrogen) atoms. The summed E-state index contributed by atoms with van der Waals surface area (Å²) in [5, 5.41) is 4.15. The highest BCUT2D eigenvalue weighted by Gasteiger charge is 2.23. The molecule has 0 spiro atoms. The first-order valence-electron chi connectivity index (χ1n) is 6.02. The Balaban J connectivity index is 1.90. The molecule has 2 aromatic rings. The number of benzene rings is 1. The van der Waals surface area contributed by atoms with Gasteiger partial charge in [0.15, 0.2) is 11.5 Å². The number of oxazole rings is 1. The van der Waals surface area contributed by atoms with E-state index < -0.39 is 0 Å². The number of aromatic nitrogens is 1. The molecule has 0 radical (unpaired) electrons. The Kier molecular flexibility index (Phi) is 2.81. The van der Waals surface area contributed by atoms with Crippen molar-refractivity contribution in [2.45, 2.75) is 31.7 Å². The molecule has 1 aromatic carbocycles. The Morgan fingerprint density at radius 3 is 3.06 bits per heavy atom. The van der Waals surface area contributed by atoms with Crippen molar-refractivity contribution >= 4 is 22.7 Å². The van der Waals surface area contributed by atoms with Crippen molar-refractivity contribution in [2.24, 2.45) is 0 Å². The van der Waals surface area contributed by atoms with Crippen LogP contribution in [-0.4, -0.2) is 17.6 Å². The first-order chi connectivity index (χ1) is 8.22. The number of nitrogens with one attached hydrogen (secondary N) is 1. The number of nitrogens with zero attached hydrogens (tertiary/aromatic N) is 1. The minimum absolute atomic E-state index is 0.386. The summed E-state index contributed by atoms with van der Waals surface area (Å²) in [6, 6.07) is 6.18. The van der Waals surface area contributed by atoms with Gasteiger partial charge < -0.3 is 9.73 Å². The number of piperidine rings is 1. The van der Waals surface area contributed by atoms with Crippen LogP contribution < -0.4 is 5.32 Å². The van der Waals surface area contributed by atoms with Crippen LogP contribution in [-0.2, 0) is 0 Å². The Morgan fingerprint density at radius 1 is 1.41 bits per heavy atom. The number of halogens is 1. The molecule has 1 N–H and O–H groups in total. The predicted molar refractivity (Wildman–Crippen MR) is 68.5 cm³/mol. The van der Waals surface area contributed by atoms with Crippen LogP contribution >= 0.6 is 11.6 Å². The van der Waals surface area contributed by atoms with Crippen molar-refractivity contribution in [3.8, 4) is 0 Å². The lowest BCUT2D eigenvalue weighted by molar-refractivity contribution is 0.342. The second kappa shape index (κ2) is 4.31. The van der Waals surface area contributed by atoms with Crippen LogP contribution in [0.15, 0.2) is 22.6 Å². The maximum Gasteiger partial charge on any atom is 0.199 e. The second-order valence-corrected chi connectivity index (χ2v) is 5.18. The summed E-state index contributed by atoms with van der Waals surface area (Å²) in [5.41, 5.74) is 1.68. The normalized spacial score (nSPS) is 25.3. The van der Waals surface area contributed by atoms with Gasteiger partial charge in [-0.05, 0) is 31.9 Å². The minimum atomic E-state index is 0.386. The summed E-state index contributed by atoms with van der Waals surface area (Å²) in [5.74, 6) is 1.22. The predicted octanol–water partition coefficient (Wildman–Crippen LogP) is 3.34. The lowest BCUT2D eigenvalue weighted by Gasteiger charge is -2.25. The van der Waals surface area contributed by atoms with E-state index in [-0.39, 0.29) is 0 Å². The van der Waals surface area contributed by atoms with Gasteiger partial charge in [0.25, 0.3) is 0 Å². The Hall–Kier alpha value is -1.06. The third-order valence-electron chi connectivity index (χ3n) is 3.38. The summed E-state index contributed by atoms with van der Waals surface area (Å²) in [7, 11) is 0. The quantitative estimate of drug-likeness (QED) is 0.844. The highest BCUT2D eigenvalue weighted by Crippen LogP contribution is 2.28. The van der Waals surface area contributed by atoms with E-state index in [1.54, 1.807) is 0 Å². The van der Waals surface area contributed by atoms with E-state index in [0.29, 0.717) is 17.0 Å². The third kappa shape index (κ3) is 2.17. The first-order valence-corrected chi connectivity index (χ1v) is 6.39. The number of fused-ring (bicyclic) bond motifs is 1. The van der Waals surface area contributed by atoms with Crippen LogP contribution in [0.3, 0.4) is 0 Å². The van der Waals surface area contributed by atoms with E-state index in [0.717, 1.165) is 30.0 Å². The van der Waals surface area contributed by atoms with E-state index in [4.69, 9.17) is 16.0 Å². The zero-order valence-electron chi connectivity index (χ0n) is 9.74. The summed E-state index contributed by atoms with van der Waals surface area (Å²) in [4.78, 5) is 4.54. The Labute approximate surface area is 105 Å². The molecule has 1 saturated heterocycles. The van der Waals surface area contributed by atoms with Crippen LogP contribution in [0.5, 0.6) is 0 Å². The van der Waals surface area contributed by atoms with Gasteiger partial charge in [-0.1, -0.05) is 11.6 Å². The van der Waals surface area contributed by atoms with Gasteiger partial charge in [-0.25, -0.2) is 4.98 Å². The zero-order valence-corrected chi connectivity index (χ0v) is 10.5. The van der Waals surface area contributed by atoms with Gasteiger partial charge in [0, 0.05) is 29.6 Å². The molecule has 2 atom stereocenters. The van der Waals surface area contributed by atoms with Gasteiger partial charge in [-0.2, -0.15) is 0 Å². The van der Waals surface area contributed by atoms with E-state index in [9.17, 15) is 0 Å². The third-order valence-corrected chi connectivity index (χ3v) is 3.61. The molecule has 2 heterocycles. The monoisotopic (exact) mass is 250 g/mol. The van der Waals surface area contributed by atoms with E-state index in [2.05, 4.69) is 17.2 Å². The van der Waals surface area contributed by atoms with Crippen molar-refractivity contribution in [2.75, 3.05) is 6.54 Å². The van der Waals surface area contributed by atoms with E-state index >= 15 is 0 Å². The van der Waals surface area contributed by atoms with Crippen molar-refractivity contribution in [3.05, 3.63) is 29.1 Å². The van der Waals surface area contributed by atoms with Crippen LogP contribution in [0.2, 0.25) is 5.02 Å². The minimum Gasteiger partial charge on any atom is -0.440 e. The van der Waals surface area contributed by atoms with Crippen molar-refractivity contribution in [1.82, 2.24) is 10.3 Å². The molecule has 90 valence electrons. The van der Waals surface area contributed by atoms with Crippen molar-refractivity contribution in [3.63, 3.8) is 0 Å². The van der Waals surface area contributed by atoms with Crippen molar-refractivity contribution < 1.29 is 4.42 Å². The second-order valence-electron chi connectivity index (χ2n) is 4.75. The summed E-state index contributed by atoms with van der Waals surface area (Å²) < 4.78 is 5.79. The summed E-state index contributed by atoms with van der Waals surface area (Å²) in [6.07, 6.45) is 2.30. The van der Waals surface area contributed by atoms with Gasteiger partial charge >= 0.3 is 0 Å². The molecule has 1 aliphatic rings. The highest BCUT2D eigenvalue weighted by atomic mass is 35.5. The number of hydrogen-bond donors (Lipinski definition) is 1. The molecule has 1 fully saturated rings. The van der Waals surface area contributed by atoms with Crippen LogP contribution in [0.1, 0.15) is 31.6 Å². The molecule has 0 aliphatic carbocycles. The molecular formula is C13H15ClN2O. The van der Waals surface area contributed by atoms with Crippen LogP contribution in [0, 0.1) is 0 Å². The van der Waals surface area contributed by atoms with Crippen molar-refractivity contribution in [1.29, 1.82) is 0 Å². The maximum absolute atomic E-state index is 5.93. The Bertz CT molecular complexity index is 529. The van der Waals surface area contributed by atoms with Gasteiger partial charge in [-0.15, -0.1) is 0 Å². The molecule has 0 bridgehead atoms. The average Bonchev–Trinajstić information content (AvgIpc) is 2.72. The first kappa shape index (κ1) is 11.1. The SMILES string of the molecule is C[C@@H]1CC[C@@H](c2nc3ccc(Cl)cc3o2)CN1. The molecule has 0 unspecified atom stereocenters. The largest absolute Gasteiger partial charge is 0.440 e. The molecule has 0 saturated carbocycles. The number of hydrogen-bond acceptors (Lipinski definition) is 3. The Morgan fingerprint density at radius 2 is 2.29 bits per heavy atom. The standard InChI is InChI=1S/C13H15ClN2O/c1-8-2-3-9(7-15-8)13-16-11-5-4-10(14)6-12(11)17-13/h4-6,8-9,15H,2-3,7H2,1H3/t8-,9-/m1/s1. The lowest BCUT2D eigenvalue weighted by Crippen LogP contribution is -2.35. The molecular weight excluding hydrogens is 236 g/mol. The topological polar surface area (TPSA) is 38.1 Å². The average molecular weight is 251 g/mol. The molecule has 3 rings (SSSR count). The molecule has 1 aliphatic heterocycles. The fourth-order valence-electron chi connectivity index (χ4n) is 2.30. The van der Waals surface area contributed by atoms with E-state index in [1.807, 2.05) is 18.2 Å². The van der Waals surface area contributed by atoms with Crippen LogP contribution in [0.25, 0.3) is 11.1 Å². The smallest absolute Gasteiger partial charge is 0.199 e. The van der Waals surface area contributed by atoms with Gasteiger partial charge in [0.1, 0.15) is 5.52 Å². The highest BCUT2D eigenvalue weighted by molar-refractivity contribution is 6.31. The lowest BCUT2D eigenvalue weighted by atomic mass is 9.95. The molecule has 3 nitrogen and oxygen atoms in total. The fourth-order valence-corrected chi connectivity index (χ4v) is 2.46. The fraction of sp³-hybridized carbons (Fsp3) is 0.462.